The van der Waals surface area contributed by atoms with E-state index in [1.807, 2.05) is 0 Å². The lowest BCUT2D eigenvalue weighted by Crippen LogP contribution is -2.61. The number of aliphatic hydroxyl groups is 2. The van der Waals surface area contributed by atoms with Crippen LogP contribution < -0.4 is 0 Å². The molecular weight excluding hydrogens is 324 g/mol. The summed E-state index contributed by atoms with van der Waals surface area (Å²) in [4.78, 5) is 0. The van der Waals surface area contributed by atoms with Gasteiger partial charge in [0.25, 0.3) is 0 Å². The zero-order chi connectivity index (χ0) is 18.9. The van der Waals surface area contributed by atoms with Crippen molar-refractivity contribution in [3.63, 3.8) is 0 Å². The normalized spacial score (nSPS) is 56.8. The van der Waals surface area contributed by atoms with Crippen molar-refractivity contribution in [2.45, 2.75) is 104 Å². The van der Waals surface area contributed by atoms with Gasteiger partial charge in [-0.2, -0.15) is 0 Å². The smallest absolute Gasteiger partial charge is 0.0842 e. The van der Waals surface area contributed by atoms with Crippen LogP contribution in [-0.2, 0) is 4.74 Å². The van der Waals surface area contributed by atoms with E-state index in [-0.39, 0.29) is 29.8 Å². The molecule has 0 aromatic heterocycles. The summed E-state index contributed by atoms with van der Waals surface area (Å²) >= 11 is 0. The maximum absolute atomic E-state index is 11.4. The van der Waals surface area contributed by atoms with Gasteiger partial charge in [-0.1, -0.05) is 20.8 Å². The van der Waals surface area contributed by atoms with Crippen molar-refractivity contribution in [3.8, 4) is 0 Å². The summed E-state index contributed by atoms with van der Waals surface area (Å²) in [5.41, 5.74) is 0.431. The highest BCUT2D eigenvalue weighted by Crippen LogP contribution is 2.67. The Labute approximate surface area is 159 Å². The molecule has 4 aliphatic rings. The number of rotatable bonds is 2. The Balaban J connectivity index is 1.64. The standard InChI is InChI=1S/C23H40O3/c1-13(2)26-20-12-23(5)15(10-18(20)24)7-8-16-17-9-6-14(3)22(17,4)11-19(25)21(16)23/h13-21,24-25H,6-12H2,1-5H3/t14-,15-,16-,17-,18-,19-,20-,21+,22+,23-/m0/s1. The topological polar surface area (TPSA) is 49.7 Å². The molecule has 0 aromatic carbocycles. The fraction of sp³-hybridized carbons (Fsp3) is 1.00. The van der Waals surface area contributed by atoms with E-state index < -0.39 is 0 Å². The molecule has 4 aliphatic carbocycles. The molecule has 4 saturated carbocycles. The fourth-order valence-corrected chi connectivity index (χ4v) is 8.12. The molecule has 0 bridgehead atoms. The van der Waals surface area contributed by atoms with Crippen molar-refractivity contribution in [2.24, 2.45) is 40.4 Å². The highest BCUT2D eigenvalue weighted by atomic mass is 16.5. The van der Waals surface area contributed by atoms with Gasteiger partial charge in [-0.25, -0.2) is 0 Å². The molecule has 0 amide bonds. The van der Waals surface area contributed by atoms with Crippen LogP contribution in [0.2, 0.25) is 0 Å². The molecule has 4 rings (SSSR count). The summed E-state index contributed by atoms with van der Waals surface area (Å²) in [5, 5.41) is 22.0. The second-order valence-corrected chi connectivity index (χ2v) is 11.1. The van der Waals surface area contributed by atoms with Gasteiger partial charge >= 0.3 is 0 Å². The van der Waals surface area contributed by atoms with Gasteiger partial charge in [0, 0.05) is 0 Å². The third-order valence-corrected chi connectivity index (χ3v) is 9.51. The second-order valence-electron chi connectivity index (χ2n) is 11.1. The first kappa shape index (κ1) is 19.2. The predicted molar refractivity (Wildman–Crippen MR) is 104 cm³/mol. The van der Waals surface area contributed by atoms with Crippen LogP contribution in [0.1, 0.15) is 79.6 Å². The van der Waals surface area contributed by atoms with Crippen molar-refractivity contribution in [1.29, 1.82) is 0 Å². The van der Waals surface area contributed by atoms with Gasteiger partial charge in [-0.3, -0.25) is 0 Å². The van der Waals surface area contributed by atoms with Crippen LogP contribution in [0.5, 0.6) is 0 Å². The molecule has 0 aliphatic heterocycles. The minimum absolute atomic E-state index is 0.0713. The predicted octanol–water partition coefficient (Wildman–Crippen LogP) is 4.40. The molecule has 0 radical (unpaired) electrons. The highest BCUT2D eigenvalue weighted by molar-refractivity contribution is 5.12. The molecule has 3 heteroatoms. The minimum atomic E-state index is -0.343. The van der Waals surface area contributed by atoms with Crippen molar-refractivity contribution in [1.82, 2.24) is 0 Å². The summed E-state index contributed by atoms with van der Waals surface area (Å²) in [7, 11) is 0. The summed E-state index contributed by atoms with van der Waals surface area (Å²) in [6.07, 6.45) is 7.41. The van der Waals surface area contributed by atoms with Gasteiger partial charge < -0.3 is 14.9 Å². The Bertz CT molecular complexity index is 534. The highest BCUT2D eigenvalue weighted by Gasteiger charge is 2.63. The van der Waals surface area contributed by atoms with Gasteiger partial charge in [0.1, 0.15) is 0 Å². The van der Waals surface area contributed by atoms with Gasteiger partial charge in [-0.15, -0.1) is 0 Å². The van der Waals surface area contributed by atoms with E-state index in [9.17, 15) is 10.2 Å². The van der Waals surface area contributed by atoms with Crippen LogP contribution in [0.25, 0.3) is 0 Å². The van der Waals surface area contributed by atoms with Crippen LogP contribution in [0.15, 0.2) is 0 Å². The molecule has 0 saturated heterocycles. The molecule has 0 unspecified atom stereocenters. The number of fused-ring (bicyclic) bond motifs is 5. The Hall–Kier alpha value is -0.120. The molecule has 10 atom stereocenters. The van der Waals surface area contributed by atoms with E-state index in [4.69, 9.17) is 4.74 Å². The summed E-state index contributed by atoms with van der Waals surface area (Å²) in [6.45, 7) is 11.4. The first-order valence-electron chi connectivity index (χ1n) is 11.2. The van der Waals surface area contributed by atoms with Gasteiger partial charge in [-0.05, 0) is 99.2 Å². The van der Waals surface area contributed by atoms with E-state index in [1.165, 1.54) is 25.7 Å². The lowest BCUT2D eigenvalue weighted by atomic mass is 9.43. The average molecular weight is 365 g/mol. The zero-order valence-corrected chi connectivity index (χ0v) is 17.4. The molecule has 0 spiro atoms. The Morgan fingerprint density at radius 3 is 2.35 bits per heavy atom. The number of ether oxygens (including phenoxy) is 1. The van der Waals surface area contributed by atoms with Crippen LogP contribution in [0.4, 0.5) is 0 Å². The maximum Gasteiger partial charge on any atom is 0.0842 e. The third-order valence-electron chi connectivity index (χ3n) is 9.51. The largest absolute Gasteiger partial charge is 0.393 e. The fourth-order valence-electron chi connectivity index (χ4n) is 8.12. The SMILES string of the molecule is CC(C)O[C@H]1C[C@@]2(C)[C@@H](CC[C@@H]3[C@@H]2[C@@H](O)C[C@]2(C)[C@@H](C)CC[C@@H]32)C[C@@H]1O. The van der Waals surface area contributed by atoms with Crippen molar-refractivity contribution >= 4 is 0 Å². The zero-order valence-electron chi connectivity index (χ0n) is 17.4. The molecule has 26 heavy (non-hydrogen) atoms. The average Bonchev–Trinajstić information content (AvgIpc) is 2.83. The molecule has 3 nitrogen and oxygen atoms in total. The molecule has 0 heterocycles. The van der Waals surface area contributed by atoms with Crippen LogP contribution in [-0.4, -0.2) is 34.6 Å². The van der Waals surface area contributed by atoms with E-state index in [0.29, 0.717) is 23.2 Å². The van der Waals surface area contributed by atoms with Crippen molar-refractivity contribution in [3.05, 3.63) is 0 Å². The quantitative estimate of drug-likeness (QED) is 0.763. The molecule has 0 aromatic rings. The van der Waals surface area contributed by atoms with Gasteiger partial charge in [0.15, 0.2) is 0 Å². The number of hydrogen-bond donors (Lipinski definition) is 2. The lowest BCUT2D eigenvalue weighted by molar-refractivity contribution is -0.207. The van der Waals surface area contributed by atoms with E-state index in [1.54, 1.807) is 0 Å². The third kappa shape index (κ3) is 2.71. The van der Waals surface area contributed by atoms with Crippen molar-refractivity contribution < 1.29 is 14.9 Å². The van der Waals surface area contributed by atoms with Crippen molar-refractivity contribution in [2.75, 3.05) is 0 Å². The molecule has 4 fully saturated rings. The number of hydrogen-bond acceptors (Lipinski definition) is 3. The molecule has 150 valence electrons. The van der Waals surface area contributed by atoms with Gasteiger partial charge in [0.2, 0.25) is 0 Å². The summed E-state index contributed by atoms with van der Waals surface area (Å²) in [6, 6.07) is 0. The number of aliphatic hydroxyl groups excluding tert-OH is 2. The minimum Gasteiger partial charge on any atom is -0.393 e. The summed E-state index contributed by atoms with van der Waals surface area (Å²) in [5.74, 6) is 3.09. The monoisotopic (exact) mass is 364 g/mol. The van der Waals surface area contributed by atoms with E-state index in [2.05, 4.69) is 34.6 Å². The second kappa shape index (κ2) is 6.46. The van der Waals surface area contributed by atoms with Crippen LogP contribution >= 0.6 is 0 Å². The lowest BCUT2D eigenvalue weighted by Gasteiger charge is -2.63. The van der Waals surface area contributed by atoms with E-state index in [0.717, 1.165) is 31.1 Å². The van der Waals surface area contributed by atoms with E-state index >= 15 is 0 Å². The Morgan fingerprint density at radius 2 is 1.65 bits per heavy atom. The Kier molecular flexibility index (Phi) is 4.77. The summed E-state index contributed by atoms with van der Waals surface area (Å²) < 4.78 is 6.12. The van der Waals surface area contributed by atoms with Crippen LogP contribution in [0, 0.1) is 40.4 Å². The first-order valence-corrected chi connectivity index (χ1v) is 11.2. The molecule has 2 N–H and O–H groups in total. The molecular formula is C23H40O3. The van der Waals surface area contributed by atoms with Gasteiger partial charge in [0.05, 0.1) is 24.4 Å². The van der Waals surface area contributed by atoms with Crippen LogP contribution in [0.3, 0.4) is 0 Å². The Morgan fingerprint density at radius 1 is 0.923 bits per heavy atom. The first-order chi connectivity index (χ1) is 12.2. The maximum atomic E-state index is 11.4.